The van der Waals surface area contributed by atoms with Crippen LogP contribution < -0.4 is 5.32 Å². The minimum absolute atomic E-state index is 0.192. The van der Waals surface area contributed by atoms with Crippen LogP contribution in [0.4, 0.5) is 4.39 Å². The fraction of sp³-hybridized carbons (Fsp3) is 0.417. The lowest BCUT2D eigenvalue weighted by atomic mass is 10.2. The number of hydrogen-bond donors (Lipinski definition) is 1. The SMILES string of the molecule is O=C(NCCCCCCl)c1ccc(F)cc1Br. The molecule has 1 aromatic rings. The molecule has 0 aliphatic heterocycles. The van der Waals surface area contributed by atoms with Crippen molar-refractivity contribution in [1.29, 1.82) is 0 Å². The Morgan fingerprint density at radius 1 is 1.35 bits per heavy atom. The van der Waals surface area contributed by atoms with Gasteiger partial charge in [-0.2, -0.15) is 0 Å². The van der Waals surface area contributed by atoms with Crippen molar-refractivity contribution < 1.29 is 9.18 Å². The van der Waals surface area contributed by atoms with Gasteiger partial charge in [0.05, 0.1) is 5.56 Å². The zero-order valence-electron chi connectivity index (χ0n) is 9.31. The molecule has 0 bridgehead atoms. The van der Waals surface area contributed by atoms with Gasteiger partial charge >= 0.3 is 0 Å². The fourth-order valence-corrected chi connectivity index (χ4v) is 2.09. The fourth-order valence-electron chi connectivity index (χ4n) is 1.37. The second-order valence-corrected chi connectivity index (χ2v) is 4.86. The first-order valence-electron chi connectivity index (χ1n) is 5.44. The van der Waals surface area contributed by atoms with E-state index in [1.54, 1.807) is 0 Å². The molecule has 1 amide bonds. The van der Waals surface area contributed by atoms with E-state index in [-0.39, 0.29) is 11.7 Å². The van der Waals surface area contributed by atoms with Crippen molar-refractivity contribution in [2.75, 3.05) is 12.4 Å². The van der Waals surface area contributed by atoms with Crippen LogP contribution in [-0.2, 0) is 0 Å². The van der Waals surface area contributed by atoms with E-state index in [9.17, 15) is 9.18 Å². The van der Waals surface area contributed by atoms with Crippen LogP contribution in [-0.4, -0.2) is 18.3 Å². The van der Waals surface area contributed by atoms with Gasteiger partial charge in [0.15, 0.2) is 0 Å². The smallest absolute Gasteiger partial charge is 0.252 e. The van der Waals surface area contributed by atoms with E-state index in [4.69, 9.17) is 11.6 Å². The number of alkyl halides is 1. The van der Waals surface area contributed by atoms with E-state index in [0.717, 1.165) is 19.3 Å². The van der Waals surface area contributed by atoms with Crippen LogP contribution in [0.2, 0.25) is 0 Å². The number of benzene rings is 1. The Balaban J connectivity index is 2.42. The molecule has 0 unspecified atom stereocenters. The van der Waals surface area contributed by atoms with Gasteiger partial charge in [-0.15, -0.1) is 11.6 Å². The molecular weight excluding hydrogens is 308 g/mol. The van der Waals surface area contributed by atoms with Gasteiger partial charge in [0.25, 0.3) is 5.91 Å². The molecule has 0 atom stereocenters. The molecule has 0 saturated carbocycles. The first-order chi connectivity index (χ1) is 8.15. The molecule has 0 aromatic heterocycles. The molecule has 0 spiro atoms. The second kappa shape index (κ2) is 7.67. The van der Waals surface area contributed by atoms with Crippen molar-refractivity contribution in [2.24, 2.45) is 0 Å². The van der Waals surface area contributed by atoms with Crippen LogP contribution in [0, 0.1) is 5.82 Å². The molecule has 1 rings (SSSR count). The highest BCUT2D eigenvalue weighted by Gasteiger charge is 2.09. The van der Waals surface area contributed by atoms with Crippen molar-refractivity contribution in [3.63, 3.8) is 0 Å². The second-order valence-electron chi connectivity index (χ2n) is 3.63. The molecule has 1 aromatic carbocycles. The number of halogens is 3. The molecule has 17 heavy (non-hydrogen) atoms. The monoisotopic (exact) mass is 321 g/mol. The van der Waals surface area contributed by atoms with E-state index in [0.29, 0.717) is 22.5 Å². The predicted octanol–water partition coefficient (Wildman–Crippen LogP) is 3.73. The summed E-state index contributed by atoms with van der Waals surface area (Å²) in [6.45, 7) is 0.611. The highest BCUT2D eigenvalue weighted by molar-refractivity contribution is 9.10. The van der Waals surface area contributed by atoms with Crippen LogP contribution in [0.25, 0.3) is 0 Å². The Bertz CT molecular complexity index is 387. The van der Waals surface area contributed by atoms with Gasteiger partial charge in [0.1, 0.15) is 5.82 Å². The topological polar surface area (TPSA) is 29.1 Å². The third-order valence-electron chi connectivity index (χ3n) is 2.27. The molecule has 1 N–H and O–H groups in total. The number of hydrogen-bond acceptors (Lipinski definition) is 1. The summed E-state index contributed by atoms with van der Waals surface area (Å²) in [6, 6.07) is 4.02. The number of unbranched alkanes of at least 4 members (excludes halogenated alkanes) is 2. The molecule has 0 aliphatic carbocycles. The molecule has 0 heterocycles. The Morgan fingerprint density at radius 3 is 2.76 bits per heavy atom. The summed E-state index contributed by atoms with van der Waals surface area (Å²) >= 11 is 8.71. The Morgan fingerprint density at radius 2 is 2.12 bits per heavy atom. The number of carbonyl (C=O) groups excluding carboxylic acids is 1. The van der Waals surface area contributed by atoms with Gasteiger partial charge in [-0.1, -0.05) is 6.42 Å². The van der Waals surface area contributed by atoms with Crippen molar-refractivity contribution in [3.05, 3.63) is 34.1 Å². The molecule has 0 aliphatic rings. The lowest BCUT2D eigenvalue weighted by Crippen LogP contribution is -2.24. The minimum Gasteiger partial charge on any atom is -0.352 e. The van der Waals surface area contributed by atoms with Gasteiger partial charge in [-0.25, -0.2) is 4.39 Å². The Labute approximate surface area is 114 Å². The van der Waals surface area contributed by atoms with Crippen molar-refractivity contribution in [3.8, 4) is 0 Å². The minimum atomic E-state index is -0.365. The van der Waals surface area contributed by atoms with E-state index in [1.807, 2.05) is 0 Å². The first-order valence-corrected chi connectivity index (χ1v) is 6.77. The van der Waals surface area contributed by atoms with Gasteiger partial charge in [-0.3, -0.25) is 4.79 Å². The number of rotatable bonds is 6. The van der Waals surface area contributed by atoms with E-state index in [1.165, 1.54) is 18.2 Å². The van der Waals surface area contributed by atoms with Crippen LogP contribution in [0.3, 0.4) is 0 Å². The number of amides is 1. The quantitative estimate of drug-likeness (QED) is 0.627. The van der Waals surface area contributed by atoms with Crippen LogP contribution >= 0.6 is 27.5 Å². The largest absolute Gasteiger partial charge is 0.352 e. The van der Waals surface area contributed by atoms with Crippen LogP contribution in [0.1, 0.15) is 29.6 Å². The maximum absolute atomic E-state index is 12.8. The zero-order chi connectivity index (χ0) is 12.7. The third kappa shape index (κ3) is 5.04. The van der Waals surface area contributed by atoms with E-state index < -0.39 is 0 Å². The molecule has 2 nitrogen and oxygen atoms in total. The van der Waals surface area contributed by atoms with Crippen LogP contribution in [0.5, 0.6) is 0 Å². The standard InChI is InChI=1S/C12H14BrClFNO/c13-11-8-9(15)4-5-10(11)12(17)16-7-3-1-2-6-14/h4-5,8H,1-3,6-7H2,(H,16,17). The molecule has 0 saturated heterocycles. The summed E-state index contributed by atoms with van der Waals surface area (Å²) in [5.41, 5.74) is 0.448. The summed E-state index contributed by atoms with van der Waals surface area (Å²) in [6.07, 6.45) is 2.85. The highest BCUT2D eigenvalue weighted by atomic mass is 79.9. The lowest BCUT2D eigenvalue weighted by molar-refractivity contribution is 0.0952. The maximum atomic E-state index is 12.8. The predicted molar refractivity (Wildman–Crippen MR) is 71.0 cm³/mol. The first kappa shape index (κ1) is 14.5. The number of carbonyl (C=O) groups is 1. The van der Waals surface area contributed by atoms with Crippen molar-refractivity contribution in [1.82, 2.24) is 5.32 Å². The molecule has 5 heteroatoms. The van der Waals surface area contributed by atoms with Gasteiger partial charge in [0, 0.05) is 16.9 Å². The van der Waals surface area contributed by atoms with Crippen molar-refractivity contribution >= 4 is 33.4 Å². The van der Waals surface area contributed by atoms with E-state index >= 15 is 0 Å². The zero-order valence-corrected chi connectivity index (χ0v) is 11.7. The van der Waals surface area contributed by atoms with Gasteiger partial charge < -0.3 is 5.32 Å². The summed E-state index contributed by atoms with van der Waals surface area (Å²) in [5.74, 6) is 0.0931. The van der Waals surface area contributed by atoms with Crippen LogP contribution in [0.15, 0.2) is 22.7 Å². The third-order valence-corrected chi connectivity index (χ3v) is 3.20. The van der Waals surface area contributed by atoms with Gasteiger partial charge in [-0.05, 0) is 47.0 Å². The summed E-state index contributed by atoms with van der Waals surface area (Å²) in [7, 11) is 0. The lowest BCUT2D eigenvalue weighted by Gasteiger charge is -2.06. The molecule has 0 fully saturated rings. The van der Waals surface area contributed by atoms with E-state index in [2.05, 4.69) is 21.2 Å². The molecule has 94 valence electrons. The normalized spacial score (nSPS) is 10.3. The molecular formula is C12H14BrClFNO. The average molecular weight is 323 g/mol. The highest BCUT2D eigenvalue weighted by Crippen LogP contribution is 2.17. The summed E-state index contributed by atoms with van der Waals surface area (Å²) in [4.78, 5) is 11.7. The van der Waals surface area contributed by atoms with Gasteiger partial charge in [0.2, 0.25) is 0 Å². The number of nitrogens with one attached hydrogen (secondary N) is 1. The maximum Gasteiger partial charge on any atom is 0.252 e. The Kier molecular flexibility index (Phi) is 6.52. The average Bonchev–Trinajstić information content (AvgIpc) is 2.28. The summed E-state index contributed by atoms with van der Waals surface area (Å²) in [5, 5.41) is 2.78. The molecule has 0 radical (unpaired) electrons. The van der Waals surface area contributed by atoms with Crippen molar-refractivity contribution in [2.45, 2.75) is 19.3 Å². The Hall–Kier alpha value is -0.610. The summed E-state index contributed by atoms with van der Waals surface area (Å²) < 4.78 is 13.3.